The minimum Gasteiger partial charge on any atom is -0.324 e. The van der Waals surface area contributed by atoms with Crippen LogP contribution in [0.3, 0.4) is 0 Å². The van der Waals surface area contributed by atoms with Gasteiger partial charge in [-0.1, -0.05) is 24.3 Å². The second kappa shape index (κ2) is 6.03. The van der Waals surface area contributed by atoms with Gasteiger partial charge in [0, 0.05) is 6.04 Å². The molecular formula is C20H27N. The van der Waals surface area contributed by atoms with Crippen molar-refractivity contribution in [3.8, 4) is 0 Å². The number of benzene rings is 2. The van der Waals surface area contributed by atoms with Crippen LogP contribution in [-0.4, -0.2) is 0 Å². The van der Waals surface area contributed by atoms with E-state index < -0.39 is 0 Å². The van der Waals surface area contributed by atoms with Crippen molar-refractivity contribution in [3.05, 3.63) is 68.8 Å². The second-order valence-electron chi connectivity index (χ2n) is 6.28. The summed E-state index contributed by atoms with van der Waals surface area (Å²) < 4.78 is 0. The summed E-state index contributed by atoms with van der Waals surface area (Å²) in [6.45, 7) is 13.2. The summed E-state index contributed by atoms with van der Waals surface area (Å²) in [6.07, 6.45) is 0.899. The number of hydrogen-bond donors (Lipinski definition) is 1. The molecule has 2 N–H and O–H groups in total. The van der Waals surface area contributed by atoms with E-state index in [1.54, 1.807) is 0 Å². The fourth-order valence-corrected chi connectivity index (χ4v) is 3.26. The number of hydrogen-bond acceptors (Lipinski definition) is 1. The fourth-order valence-electron chi connectivity index (χ4n) is 3.26. The Hall–Kier alpha value is -1.60. The Morgan fingerprint density at radius 3 is 1.76 bits per heavy atom. The molecule has 2 rings (SSSR count). The minimum absolute atomic E-state index is 0.0594. The molecule has 1 unspecified atom stereocenters. The molecule has 0 bridgehead atoms. The van der Waals surface area contributed by atoms with E-state index in [2.05, 4.69) is 65.8 Å². The first kappa shape index (κ1) is 15.8. The molecule has 0 saturated heterocycles. The van der Waals surface area contributed by atoms with E-state index >= 15 is 0 Å². The van der Waals surface area contributed by atoms with Crippen LogP contribution in [0.1, 0.15) is 50.5 Å². The number of nitrogens with two attached hydrogens (primary N) is 1. The zero-order chi connectivity index (χ0) is 15.7. The SMILES string of the molecule is Cc1ccccc1CC(N)c1c(C)c(C)c(C)c(C)c1C. The lowest BCUT2D eigenvalue weighted by atomic mass is 9.84. The summed E-state index contributed by atoms with van der Waals surface area (Å²) in [5.74, 6) is 0. The monoisotopic (exact) mass is 281 g/mol. The van der Waals surface area contributed by atoms with Gasteiger partial charge in [0.2, 0.25) is 0 Å². The van der Waals surface area contributed by atoms with Crippen LogP contribution >= 0.6 is 0 Å². The zero-order valence-corrected chi connectivity index (χ0v) is 14.2. The van der Waals surface area contributed by atoms with Crippen LogP contribution < -0.4 is 5.73 Å². The summed E-state index contributed by atoms with van der Waals surface area (Å²) in [4.78, 5) is 0. The van der Waals surface area contributed by atoms with Crippen LogP contribution in [-0.2, 0) is 6.42 Å². The Labute approximate surface area is 129 Å². The third-order valence-corrected chi connectivity index (χ3v) is 5.13. The number of rotatable bonds is 3. The Balaban J connectivity index is 2.45. The maximum atomic E-state index is 6.59. The second-order valence-corrected chi connectivity index (χ2v) is 6.28. The van der Waals surface area contributed by atoms with Gasteiger partial charge in [-0.25, -0.2) is 0 Å². The van der Waals surface area contributed by atoms with Crippen molar-refractivity contribution in [2.45, 2.75) is 54.0 Å². The van der Waals surface area contributed by atoms with Gasteiger partial charge in [-0.2, -0.15) is 0 Å². The molecule has 112 valence electrons. The molecule has 0 spiro atoms. The highest BCUT2D eigenvalue weighted by atomic mass is 14.6. The van der Waals surface area contributed by atoms with Gasteiger partial charge in [-0.3, -0.25) is 0 Å². The van der Waals surface area contributed by atoms with E-state index in [-0.39, 0.29) is 6.04 Å². The van der Waals surface area contributed by atoms with Crippen molar-refractivity contribution >= 4 is 0 Å². The normalized spacial score (nSPS) is 12.5. The Bertz CT molecular complexity index is 639. The van der Waals surface area contributed by atoms with Gasteiger partial charge in [0.15, 0.2) is 0 Å². The van der Waals surface area contributed by atoms with Crippen molar-refractivity contribution in [2.24, 2.45) is 5.73 Å². The van der Waals surface area contributed by atoms with Gasteiger partial charge >= 0.3 is 0 Å². The lowest BCUT2D eigenvalue weighted by Gasteiger charge is -2.23. The molecule has 2 aromatic rings. The smallest absolute Gasteiger partial charge is 0.0341 e. The van der Waals surface area contributed by atoms with Crippen LogP contribution in [0.4, 0.5) is 0 Å². The van der Waals surface area contributed by atoms with E-state index in [1.807, 2.05) is 0 Å². The topological polar surface area (TPSA) is 26.0 Å². The van der Waals surface area contributed by atoms with Crippen LogP contribution in [0.25, 0.3) is 0 Å². The minimum atomic E-state index is 0.0594. The molecule has 0 amide bonds. The quantitative estimate of drug-likeness (QED) is 0.861. The zero-order valence-electron chi connectivity index (χ0n) is 14.2. The van der Waals surface area contributed by atoms with Crippen LogP contribution in [0.5, 0.6) is 0 Å². The fraction of sp³-hybridized carbons (Fsp3) is 0.400. The molecule has 0 heterocycles. The molecule has 0 aliphatic rings. The molecule has 0 aromatic heterocycles. The van der Waals surface area contributed by atoms with Gasteiger partial charge in [0.25, 0.3) is 0 Å². The summed E-state index contributed by atoms with van der Waals surface area (Å²) in [5.41, 5.74) is 17.5. The van der Waals surface area contributed by atoms with E-state index in [0.29, 0.717) is 0 Å². The molecule has 0 aliphatic carbocycles. The lowest BCUT2D eigenvalue weighted by molar-refractivity contribution is 0.705. The van der Waals surface area contributed by atoms with Gasteiger partial charge in [-0.15, -0.1) is 0 Å². The first-order valence-electron chi connectivity index (χ1n) is 7.71. The third kappa shape index (κ3) is 2.89. The van der Waals surface area contributed by atoms with E-state index in [9.17, 15) is 0 Å². The van der Waals surface area contributed by atoms with Gasteiger partial charge in [0.1, 0.15) is 0 Å². The Morgan fingerprint density at radius 1 is 0.762 bits per heavy atom. The van der Waals surface area contributed by atoms with Gasteiger partial charge < -0.3 is 5.73 Å². The van der Waals surface area contributed by atoms with Crippen LogP contribution in [0.15, 0.2) is 24.3 Å². The van der Waals surface area contributed by atoms with Crippen molar-refractivity contribution in [1.29, 1.82) is 0 Å². The maximum absolute atomic E-state index is 6.59. The first-order valence-corrected chi connectivity index (χ1v) is 7.71. The Kier molecular flexibility index (Phi) is 4.53. The number of aryl methyl sites for hydroxylation is 1. The summed E-state index contributed by atoms with van der Waals surface area (Å²) >= 11 is 0. The van der Waals surface area contributed by atoms with Crippen molar-refractivity contribution < 1.29 is 0 Å². The molecule has 1 nitrogen and oxygen atoms in total. The summed E-state index contributed by atoms with van der Waals surface area (Å²) in [6, 6.07) is 8.59. The molecule has 0 saturated carbocycles. The first-order chi connectivity index (χ1) is 9.84. The highest BCUT2D eigenvalue weighted by molar-refractivity contribution is 5.51. The Morgan fingerprint density at radius 2 is 1.24 bits per heavy atom. The van der Waals surface area contributed by atoms with Gasteiger partial charge in [0.05, 0.1) is 0 Å². The van der Waals surface area contributed by atoms with Crippen molar-refractivity contribution in [3.63, 3.8) is 0 Å². The van der Waals surface area contributed by atoms with Crippen LogP contribution in [0, 0.1) is 41.5 Å². The molecule has 21 heavy (non-hydrogen) atoms. The van der Waals surface area contributed by atoms with Crippen molar-refractivity contribution in [2.75, 3.05) is 0 Å². The van der Waals surface area contributed by atoms with E-state index in [4.69, 9.17) is 5.73 Å². The average molecular weight is 281 g/mol. The summed E-state index contributed by atoms with van der Waals surface area (Å²) in [5, 5.41) is 0. The highest BCUT2D eigenvalue weighted by Gasteiger charge is 2.18. The average Bonchev–Trinajstić information content (AvgIpc) is 2.46. The lowest BCUT2D eigenvalue weighted by Crippen LogP contribution is -2.18. The predicted molar refractivity (Wildman–Crippen MR) is 91.9 cm³/mol. The third-order valence-electron chi connectivity index (χ3n) is 5.13. The highest BCUT2D eigenvalue weighted by Crippen LogP contribution is 2.31. The largest absolute Gasteiger partial charge is 0.324 e. The summed E-state index contributed by atoms with van der Waals surface area (Å²) in [7, 11) is 0. The molecule has 0 aliphatic heterocycles. The maximum Gasteiger partial charge on any atom is 0.0341 e. The molecular weight excluding hydrogens is 254 g/mol. The van der Waals surface area contributed by atoms with E-state index in [1.165, 1.54) is 44.5 Å². The molecule has 1 atom stereocenters. The molecule has 2 aromatic carbocycles. The standard InChI is InChI=1S/C20H27N/c1-12-9-7-8-10-18(12)11-19(21)20-16(5)14(3)13(2)15(4)17(20)6/h7-10,19H,11,21H2,1-6H3. The molecule has 1 heteroatoms. The molecule has 0 fully saturated rings. The molecule has 0 radical (unpaired) electrons. The van der Waals surface area contributed by atoms with Crippen LogP contribution in [0.2, 0.25) is 0 Å². The van der Waals surface area contributed by atoms with Gasteiger partial charge in [-0.05, 0) is 92.5 Å². The van der Waals surface area contributed by atoms with E-state index in [0.717, 1.165) is 6.42 Å². The van der Waals surface area contributed by atoms with Crippen molar-refractivity contribution in [1.82, 2.24) is 0 Å². The predicted octanol–water partition coefficient (Wildman–Crippen LogP) is 4.78.